The lowest BCUT2D eigenvalue weighted by Crippen LogP contribution is -2.32. The second-order valence-corrected chi connectivity index (χ2v) is 4.49. The maximum absolute atomic E-state index is 10.5. The Morgan fingerprint density at radius 3 is 3.06 bits per heavy atom. The second-order valence-electron chi connectivity index (χ2n) is 4.06. The van der Waals surface area contributed by atoms with E-state index in [4.69, 9.17) is 16.7 Å². The first-order valence-corrected chi connectivity index (χ1v) is 5.69. The van der Waals surface area contributed by atoms with Crippen LogP contribution in [0.2, 0.25) is 5.02 Å². The molecule has 0 radical (unpaired) electrons. The van der Waals surface area contributed by atoms with Gasteiger partial charge in [0.15, 0.2) is 0 Å². The highest BCUT2D eigenvalue weighted by atomic mass is 35.5. The number of hydrogen-bond donors (Lipinski definition) is 3. The molecule has 1 aromatic heterocycles. The quantitative estimate of drug-likeness (QED) is 0.786. The molecule has 0 spiro atoms. The first-order valence-electron chi connectivity index (χ1n) is 5.31. The molecule has 0 aliphatic carbocycles. The molecule has 2 aromatic rings. The van der Waals surface area contributed by atoms with Crippen LogP contribution in [0, 0.1) is 0 Å². The van der Waals surface area contributed by atoms with E-state index in [0.29, 0.717) is 11.4 Å². The average Bonchev–Trinajstić information content (AvgIpc) is 2.60. The van der Waals surface area contributed by atoms with Crippen LogP contribution in [0.15, 0.2) is 24.4 Å². The van der Waals surface area contributed by atoms with Crippen molar-refractivity contribution in [1.82, 2.24) is 10.3 Å². The number of H-pyrrole nitrogens is 1. The molecular weight excluding hydrogens is 240 g/mol. The van der Waals surface area contributed by atoms with Crippen LogP contribution in [0.3, 0.4) is 0 Å². The zero-order chi connectivity index (χ0) is 12.4. The number of rotatable bonds is 3. The van der Waals surface area contributed by atoms with Gasteiger partial charge in [-0.05, 0) is 37.1 Å². The average molecular weight is 253 g/mol. The van der Waals surface area contributed by atoms with Crippen molar-refractivity contribution in [2.75, 3.05) is 0 Å². The van der Waals surface area contributed by atoms with Crippen LogP contribution in [0.25, 0.3) is 10.9 Å². The fourth-order valence-corrected chi connectivity index (χ4v) is 2.08. The van der Waals surface area contributed by atoms with Gasteiger partial charge in [0.05, 0.1) is 0 Å². The summed E-state index contributed by atoms with van der Waals surface area (Å²) in [5.41, 5.74) is 2.07. The number of amides is 1. The van der Waals surface area contributed by atoms with Crippen molar-refractivity contribution in [3.05, 3.63) is 35.0 Å². The standard InChI is InChI=1S/C12H13ClN2O2/c1-7(15-12(16)17)4-8-6-14-11-3-2-9(13)5-10(8)11/h2-3,5-7,14-15H,4H2,1H3,(H,16,17). The molecule has 0 saturated heterocycles. The van der Waals surface area contributed by atoms with Crippen LogP contribution in [0.1, 0.15) is 12.5 Å². The number of benzene rings is 1. The van der Waals surface area contributed by atoms with Gasteiger partial charge in [0, 0.05) is 28.2 Å². The van der Waals surface area contributed by atoms with E-state index < -0.39 is 6.09 Å². The van der Waals surface area contributed by atoms with E-state index in [0.717, 1.165) is 16.5 Å². The minimum atomic E-state index is -1.00. The van der Waals surface area contributed by atoms with E-state index >= 15 is 0 Å². The lowest BCUT2D eigenvalue weighted by Gasteiger charge is -2.10. The SMILES string of the molecule is CC(Cc1c[nH]c2ccc(Cl)cc12)NC(=O)O. The highest BCUT2D eigenvalue weighted by molar-refractivity contribution is 6.31. The third-order valence-electron chi connectivity index (χ3n) is 2.63. The molecule has 90 valence electrons. The largest absolute Gasteiger partial charge is 0.465 e. The minimum absolute atomic E-state index is 0.134. The molecule has 1 unspecified atom stereocenters. The van der Waals surface area contributed by atoms with Gasteiger partial charge >= 0.3 is 6.09 Å². The van der Waals surface area contributed by atoms with Crippen molar-refractivity contribution in [3.63, 3.8) is 0 Å². The molecule has 0 aliphatic rings. The molecule has 1 aromatic carbocycles. The Bertz CT molecular complexity index is 550. The Morgan fingerprint density at radius 1 is 1.59 bits per heavy atom. The highest BCUT2D eigenvalue weighted by Gasteiger charge is 2.10. The van der Waals surface area contributed by atoms with Gasteiger partial charge in [-0.2, -0.15) is 0 Å². The van der Waals surface area contributed by atoms with Gasteiger partial charge < -0.3 is 15.4 Å². The number of aromatic amines is 1. The Hall–Kier alpha value is -1.68. The van der Waals surface area contributed by atoms with Gasteiger partial charge in [0.25, 0.3) is 0 Å². The third kappa shape index (κ3) is 2.71. The summed E-state index contributed by atoms with van der Waals surface area (Å²) in [6, 6.07) is 5.49. The molecule has 0 aliphatic heterocycles. The van der Waals surface area contributed by atoms with Gasteiger partial charge in [-0.15, -0.1) is 0 Å². The summed E-state index contributed by atoms with van der Waals surface area (Å²) >= 11 is 5.94. The fraction of sp³-hybridized carbons (Fsp3) is 0.250. The van der Waals surface area contributed by atoms with Crippen molar-refractivity contribution in [3.8, 4) is 0 Å². The summed E-state index contributed by atoms with van der Waals surface area (Å²) < 4.78 is 0. The normalized spacial score (nSPS) is 12.6. The maximum Gasteiger partial charge on any atom is 0.404 e. The molecule has 0 bridgehead atoms. The summed E-state index contributed by atoms with van der Waals surface area (Å²) in [5, 5.41) is 12.8. The predicted molar refractivity (Wildman–Crippen MR) is 67.6 cm³/mol. The Kier molecular flexibility index (Phi) is 3.24. The van der Waals surface area contributed by atoms with Crippen molar-refractivity contribution >= 4 is 28.6 Å². The number of aromatic nitrogens is 1. The molecular formula is C12H13ClN2O2. The van der Waals surface area contributed by atoms with Gasteiger partial charge in [-0.3, -0.25) is 0 Å². The first kappa shape index (κ1) is 11.8. The summed E-state index contributed by atoms with van der Waals surface area (Å²) in [5.74, 6) is 0. The van der Waals surface area contributed by atoms with Crippen LogP contribution < -0.4 is 5.32 Å². The van der Waals surface area contributed by atoms with Crippen LogP contribution >= 0.6 is 11.6 Å². The van der Waals surface area contributed by atoms with Gasteiger partial charge in [0.1, 0.15) is 0 Å². The van der Waals surface area contributed by atoms with Gasteiger partial charge in [-0.1, -0.05) is 11.6 Å². The molecule has 2 rings (SSSR count). The maximum atomic E-state index is 10.5. The molecule has 4 nitrogen and oxygen atoms in total. The Labute approximate surface area is 104 Å². The van der Waals surface area contributed by atoms with Crippen molar-refractivity contribution in [2.45, 2.75) is 19.4 Å². The topological polar surface area (TPSA) is 65.1 Å². The number of halogens is 1. The molecule has 1 atom stereocenters. The molecule has 0 saturated carbocycles. The van der Waals surface area contributed by atoms with Gasteiger partial charge in [-0.25, -0.2) is 4.79 Å². The predicted octanol–water partition coefficient (Wildman–Crippen LogP) is 3.02. The summed E-state index contributed by atoms with van der Waals surface area (Å²) in [4.78, 5) is 13.7. The number of carbonyl (C=O) groups is 1. The first-order chi connectivity index (χ1) is 8.06. The number of nitrogens with one attached hydrogen (secondary N) is 2. The highest BCUT2D eigenvalue weighted by Crippen LogP contribution is 2.23. The van der Waals surface area contributed by atoms with E-state index in [-0.39, 0.29) is 6.04 Å². The number of fused-ring (bicyclic) bond motifs is 1. The van der Waals surface area contributed by atoms with Crippen LogP contribution in [0.5, 0.6) is 0 Å². The van der Waals surface area contributed by atoms with Crippen LogP contribution in [-0.2, 0) is 6.42 Å². The van der Waals surface area contributed by atoms with Crippen molar-refractivity contribution in [1.29, 1.82) is 0 Å². The molecule has 5 heteroatoms. The fourth-order valence-electron chi connectivity index (χ4n) is 1.91. The van der Waals surface area contributed by atoms with E-state index in [1.54, 1.807) is 0 Å². The second kappa shape index (κ2) is 4.67. The smallest absolute Gasteiger partial charge is 0.404 e. The summed E-state index contributed by atoms with van der Waals surface area (Å²) in [7, 11) is 0. The van der Waals surface area contributed by atoms with E-state index in [1.165, 1.54) is 0 Å². The molecule has 1 heterocycles. The zero-order valence-corrected chi connectivity index (χ0v) is 10.1. The molecule has 1 amide bonds. The monoisotopic (exact) mass is 252 g/mol. The van der Waals surface area contributed by atoms with Gasteiger partial charge in [0.2, 0.25) is 0 Å². The Balaban J connectivity index is 2.24. The summed E-state index contributed by atoms with van der Waals surface area (Å²) in [6.45, 7) is 1.83. The van der Waals surface area contributed by atoms with E-state index in [2.05, 4.69) is 10.3 Å². The number of carboxylic acid groups (broad SMARTS) is 1. The molecule has 3 N–H and O–H groups in total. The zero-order valence-electron chi connectivity index (χ0n) is 9.33. The summed E-state index contributed by atoms with van der Waals surface area (Å²) in [6.07, 6.45) is 1.52. The minimum Gasteiger partial charge on any atom is -0.465 e. The lowest BCUT2D eigenvalue weighted by molar-refractivity contribution is 0.190. The van der Waals surface area contributed by atoms with Crippen LogP contribution in [0.4, 0.5) is 4.79 Å². The van der Waals surface area contributed by atoms with E-state index in [1.807, 2.05) is 31.3 Å². The van der Waals surface area contributed by atoms with Crippen molar-refractivity contribution < 1.29 is 9.90 Å². The lowest BCUT2D eigenvalue weighted by atomic mass is 10.1. The number of hydrogen-bond acceptors (Lipinski definition) is 1. The molecule has 0 fully saturated rings. The molecule has 17 heavy (non-hydrogen) atoms. The van der Waals surface area contributed by atoms with Crippen molar-refractivity contribution in [2.24, 2.45) is 0 Å². The van der Waals surface area contributed by atoms with Crippen LogP contribution in [-0.4, -0.2) is 22.2 Å². The Morgan fingerprint density at radius 2 is 2.35 bits per heavy atom. The third-order valence-corrected chi connectivity index (χ3v) is 2.86. The van der Waals surface area contributed by atoms with E-state index in [9.17, 15) is 4.79 Å².